The average Bonchev–Trinajstić information content (AvgIpc) is 3.79. The highest BCUT2D eigenvalue weighted by molar-refractivity contribution is 6.18. The Morgan fingerprint density at radius 2 is 0.811 bits per heavy atom. The van der Waals surface area contributed by atoms with E-state index in [0.717, 1.165) is 66.5 Å². The van der Waals surface area contributed by atoms with Gasteiger partial charge in [-0.2, -0.15) is 0 Å². The van der Waals surface area contributed by atoms with E-state index in [4.69, 9.17) is 8.83 Å². The van der Waals surface area contributed by atoms with E-state index in [1.165, 1.54) is 38.2 Å². The highest BCUT2D eigenvalue weighted by Crippen LogP contribution is 2.44. The van der Waals surface area contributed by atoms with Crippen molar-refractivity contribution < 1.29 is 8.83 Å². The maximum atomic E-state index is 6.38. The number of hydrogen-bond donors (Lipinski definition) is 0. The molecule has 0 fully saturated rings. The van der Waals surface area contributed by atoms with Gasteiger partial charge in [-0.1, -0.05) is 121 Å². The quantitative estimate of drug-likeness (QED) is 0.170. The molecule has 0 aliphatic carbocycles. The van der Waals surface area contributed by atoms with E-state index in [1.807, 2.05) is 24.3 Å². The van der Waals surface area contributed by atoms with Gasteiger partial charge in [0.15, 0.2) is 0 Å². The SMILES string of the molecule is c1ccc(-c2cc3ccccc3c3cccc(-c4ccc(N(c5ccc6c(c5)oc5ccccc56)c5ccc6c(c5)oc5ccccc56)cc4)c23)cc1. The zero-order valence-corrected chi connectivity index (χ0v) is 28.7. The second-order valence-corrected chi connectivity index (χ2v) is 13.7. The molecule has 2 heterocycles. The minimum atomic E-state index is 0.853. The Morgan fingerprint density at radius 1 is 0.302 bits per heavy atom. The third-order valence-electron chi connectivity index (χ3n) is 10.6. The maximum absolute atomic E-state index is 6.38. The molecular weight excluding hydrogens is 647 g/mol. The molecule has 0 amide bonds. The third kappa shape index (κ3) is 4.75. The Balaban J connectivity index is 1.09. The van der Waals surface area contributed by atoms with E-state index in [1.54, 1.807) is 0 Å². The van der Waals surface area contributed by atoms with Crippen molar-refractivity contribution >= 4 is 82.5 Å². The van der Waals surface area contributed by atoms with Crippen LogP contribution in [0.3, 0.4) is 0 Å². The molecule has 0 saturated carbocycles. The Morgan fingerprint density at radius 3 is 1.47 bits per heavy atom. The molecule has 2 aromatic heterocycles. The minimum Gasteiger partial charge on any atom is -0.456 e. The predicted molar refractivity (Wildman–Crippen MR) is 222 cm³/mol. The number of para-hydroxylation sites is 2. The van der Waals surface area contributed by atoms with Crippen LogP contribution < -0.4 is 4.90 Å². The van der Waals surface area contributed by atoms with Gasteiger partial charge in [0.05, 0.1) is 0 Å². The van der Waals surface area contributed by atoms with Gasteiger partial charge < -0.3 is 13.7 Å². The van der Waals surface area contributed by atoms with Crippen LogP contribution in [0.5, 0.6) is 0 Å². The third-order valence-corrected chi connectivity index (χ3v) is 10.6. The first-order valence-electron chi connectivity index (χ1n) is 18.0. The van der Waals surface area contributed by atoms with Crippen molar-refractivity contribution in [1.82, 2.24) is 0 Å². The monoisotopic (exact) mass is 677 g/mol. The van der Waals surface area contributed by atoms with E-state index < -0.39 is 0 Å². The lowest BCUT2D eigenvalue weighted by Gasteiger charge is -2.26. The molecule has 0 radical (unpaired) electrons. The molecule has 0 atom stereocenters. The molecule has 11 aromatic rings. The summed E-state index contributed by atoms with van der Waals surface area (Å²) < 4.78 is 12.8. The lowest BCUT2D eigenvalue weighted by Crippen LogP contribution is -2.09. The van der Waals surface area contributed by atoms with Gasteiger partial charge in [-0.25, -0.2) is 0 Å². The summed E-state index contributed by atoms with van der Waals surface area (Å²) in [6, 6.07) is 66.9. The molecule has 53 heavy (non-hydrogen) atoms. The van der Waals surface area contributed by atoms with Crippen LogP contribution in [0.25, 0.3) is 87.7 Å². The fourth-order valence-corrected chi connectivity index (χ4v) is 8.19. The number of anilines is 3. The van der Waals surface area contributed by atoms with E-state index in [9.17, 15) is 0 Å². The second kappa shape index (κ2) is 11.7. The largest absolute Gasteiger partial charge is 0.456 e. The van der Waals surface area contributed by atoms with Gasteiger partial charge in [0.1, 0.15) is 22.3 Å². The molecule has 0 bridgehead atoms. The van der Waals surface area contributed by atoms with Crippen LogP contribution in [0.15, 0.2) is 197 Å². The summed E-state index contributed by atoms with van der Waals surface area (Å²) >= 11 is 0. The average molecular weight is 678 g/mol. The Kier molecular flexibility index (Phi) is 6.55. The number of rotatable bonds is 5. The van der Waals surface area contributed by atoms with Crippen molar-refractivity contribution in [3.63, 3.8) is 0 Å². The minimum absolute atomic E-state index is 0.853. The van der Waals surface area contributed by atoms with Crippen LogP contribution in [0.2, 0.25) is 0 Å². The fraction of sp³-hybridized carbons (Fsp3) is 0. The van der Waals surface area contributed by atoms with E-state index >= 15 is 0 Å². The van der Waals surface area contributed by atoms with Crippen LogP contribution in [0.1, 0.15) is 0 Å². The normalized spacial score (nSPS) is 11.8. The van der Waals surface area contributed by atoms with Crippen molar-refractivity contribution in [3.05, 3.63) is 188 Å². The van der Waals surface area contributed by atoms with Gasteiger partial charge >= 0.3 is 0 Å². The Labute approximate surface area is 305 Å². The molecule has 0 aliphatic heterocycles. The van der Waals surface area contributed by atoms with Gasteiger partial charge in [0.25, 0.3) is 0 Å². The van der Waals surface area contributed by atoms with E-state index in [2.05, 4.69) is 169 Å². The Hall–Kier alpha value is -7.10. The molecule has 248 valence electrons. The molecule has 11 rings (SSSR count). The highest BCUT2D eigenvalue weighted by Gasteiger charge is 2.19. The zero-order valence-electron chi connectivity index (χ0n) is 28.7. The first-order valence-corrected chi connectivity index (χ1v) is 18.0. The first-order chi connectivity index (χ1) is 26.3. The smallest absolute Gasteiger partial charge is 0.137 e. The number of hydrogen-bond acceptors (Lipinski definition) is 3. The number of fused-ring (bicyclic) bond motifs is 9. The number of benzene rings is 9. The highest BCUT2D eigenvalue weighted by atomic mass is 16.3. The van der Waals surface area contributed by atoms with Crippen LogP contribution in [-0.2, 0) is 0 Å². The molecule has 0 N–H and O–H groups in total. The summed E-state index contributed by atoms with van der Waals surface area (Å²) in [5, 5.41) is 9.45. The van der Waals surface area contributed by atoms with Gasteiger partial charge in [0, 0.05) is 50.7 Å². The molecule has 0 spiro atoms. The van der Waals surface area contributed by atoms with Crippen LogP contribution in [0.4, 0.5) is 17.1 Å². The summed E-state index contributed by atoms with van der Waals surface area (Å²) in [6.45, 7) is 0. The first kappa shape index (κ1) is 29.6. The van der Waals surface area contributed by atoms with Crippen molar-refractivity contribution in [2.45, 2.75) is 0 Å². The number of nitrogens with zero attached hydrogens (tertiary/aromatic N) is 1. The lowest BCUT2D eigenvalue weighted by atomic mass is 9.88. The van der Waals surface area contributed by atoms with Crippen molar-refractivity contribution in [2.24, 2.45) is 0 Å². The predicted octanol–water partition coefficient (Wildman–Crippen LogP) is 14.6. The molecule has 9 aromatic carbocycles. The molecule has 3 heteroatoms. The van der Waals surface area contributed by atoms with Crippen molar-refractivity contribution in [2.75, 3.05) is 4.90 Å². The fourth-order valence-electron chi connectivity index (χ4n) is 8.19. The summed E-state index contributed by atoms with van der Waals surface area (Å²) in [6.07, 6.45) is 0. The van der Waals surface area contributed by atoms with Gasteiger partial charge in [0.2, 0.25) is 0 Å². The molecule has 3 nitrogen and oxygen atoms in total. The summed E-state index contributed by atoms with van der Waals surface area (Å²) in [5.74, 6) is 0. The summed E-state index contributed by atoms with van der Waals surface area (Å²) in [4.78, 5) is 2.29. The van der Waals surface area contributed by atoms with Crippen LogP contribution in [0, 0.1) is 0 Å². The van der Waals surface area contributed by atoms with Crippen molar-refractivity contribution in [3.8, 4) is 22.3 Å². The van der Waals surface area contributed by atoms with Crippen LogP contribution >= 0.6 is 0 Å². The van der Waals surface area contributed by atoms with Gasteiger partial charge in [-0.15, -0.1) is 0 Å². The molecular formula is C50H31NO2. The summed E-state index contributed by atoms with van der Waals surface area (Å²) in [7, 11) is 0. The maximum Gasteiger partial charge on any atom is 0.137 e. The standard InChI is InChI=1S/C50H31NO2/c1-2-11-32(12-3-1)45-29-34-13-4-5-14-38(34)44-18-10-17-39(50(44)45)33-21-23-35(24-22-33)51(36-25-27-42-40-15-6-8-19-46(40)52-48(42)30-36)37-26-28-43-41-16-7-9-20-47(41)53-49(43)31-37/h1-31H. The molecule has 0 aliphatic rings. The lowest BCUT2D eigenvalue weighted by molar-refractivity contribution is 0.669. The Bertz CT molecular complexity index is 3060. The summed E-state index contributed by atoms with van der Waals surface area (Å²) in [5.41, 5.74) is 11.3. The van der Waals surface area contributed by atoms with E-state index in [-0.39, 0.29) is 0 Å². The van der Waals surface area contributed by atoms with E-state index in [0.29, 0.717) is 0 Å². The molecule has 0 unspecified atom stereocenters. The number of furan rings is 2. The van der Waals surface area contributed by atoms with Gasteiger partial charge in [-0.3, -0.25) is 0 Å². The zero-order chi connectivity index (χ0) is 34.9. The van der Waals surface area contributed by atoms with Gasteiger partial charge in [-0.05, 0) is 98.4 Å². The second-order valence-electron chi connectivity index (χ2n) is 13.7. The van der Waals surface area contributed by atoms with Crippen molar-refractivity contribution in [1.29, 1.82) is 0 Å². The van der Waals surface area contributed by atoms with Crippen LogP contribution in [-0.4, -0.2) is 0 Å². The topological polar surface area (TPSA) is 29.5 Å². The molecule has 0 saturated heterocycles.